The smallest absolute Gasteiger partial charge is 0.163 e. The number of pyridine rings is 1. The summed E-state index contributed by atoms with van der Waals surface area (Å²) in [5, 5.41) is 3.42. The summed E-state index contributed by atoms with van der Waals surface area (Å²) < 4.78 is 6.74. The fourth-order valence-electron chi connectivity index (χ4n) is 3.85. The van der Waals surface area contributed by atoms with Crippen molar-refractivity contribution in [3.05, 3.63) is 35.0 Å². The van der Waals surface area contributed by atoms with Crippen LogP contribution in [0.25, 0.3) is 21.6 Å². The number of rotatable bonds is 4. The number of ether oxygens (including phenoxy) is 1. The van der Waals surface area contributed by atoms with Crippen molar-refractivity contribution in [3.63, 3.8) is 0 Å². The third-order valence-corrected chi connectivity index (χ3v) is 6.58. The van der Waals surface area contributed by atoms with Crippen LogP contribution in [0, 0.1) is 6.92 Å². The molecule has 0 radical (unpaired) electrons. The van der Waals surface area contributed by atoms with Gasteiger partial charge in [-0.25, -0.2) is 9.97 Å². The summed E-state index contributed by atoms with van der Waals surface area (Å²) in [5.41, 5.74) is 2.99. The van der Waals surface area contributed by atoms with Crippen LogP contribution in [0.3, 0.4) is 0 Å². The number of piperazine rings is 1. The van der Waals surface area contributed by atoms with Crippen LogP contribution in [0.5, 0.6) is 0 Å². The molecule has 3 aromatic heterocycles. The second-order valence-corrected chi connectivity index (χ2v) is 8.75. The fraction of sp³-hybridized carbons (Fsp3) is 0.476. The Morgan fingerprint density at radius 1 is 1.10 bits per heavy atom. The predicted molar refractivity (Wildman–Crippen MR) is 117 cm³/mol. The number of morpholine rings is 1. The zero-order valence-electron chi connectivity index (χ0n) is 16.7. The quantitative estimate of drug-likeness (QED) is 0.708. The Morgan fingerprint density at radius 2 is 1.93 bits per heavy atom. The monoisotopic (exact) mass is 410 g/mol. The largest absolute Gasteiger partial charge is 0.378 e. The van der Waals surface area contributed by atoms with Crippen molar-refractivity contribution in [2.75, 3.05) is 57.4 Å². The summed E-state index contributed by atoms with van der Waals surface area (Å²) in [4.78, 5) is 20.5. The molecule has 5 heterocycles. The third-order valence-electron chi connectivity index (χ3n) is 5.47. The maximum Gasteiger partial charge on any atom is 0.163 e. The highest BCUT2D eigenvalue weighted by Gasteiger charge is 2.21. The normalized spacial score (nSPS) is 18.4. The lowest BCUT2D eigenvalue weighted by Crippen LogP contribution is -2.42. The molecule has 2 fully saturated rings. The van der Waals surface area contributed by atoms with Crippen molar-refractivity contribution in [3.8, 4) is 11.4 Å². The second kappa shape index (κ2) is 8.31. The van der Waals surface area contributed by atoms with Crippen molar-refractivity contribution in [1.29, 1.82) is 0 Å². The van der Waals surface area contributed by atoms with E-state index in [4.69, 9.17) is 14.7 Å². The van der Waals surface area contributed by atoms with Crippen LogP contribution in [0.15, 0.2) is 24.4 Å². The van der Waals surface area contributed by atoms with Gasteiger partial charge in [-0.2, -0.15) is 0 Å². The Hall–Kier alpha value is -2.13. The number of nitrogens with one attached hydrogen (secondary N) is 1. The zero-order chi connectivity index (χ0) is 19.6. The average Bonchev–Trinajstić information content (AvgIpc) is 3.17. The zero-order valence-corrected chi connectivity index (χ0v) is 17.5. The van der Waals surface area contributed by atoms with Crippen molar-refractivity contribution in [2.45, 2.75) is 13.5 Å². The summed E-state index contributed by atoms with van der Waals surface area (Å²) in [5.74, 6) is 1.78. The van der Waals surface area contributed by atoms with E-state index in [2.05, 4.69) is 32.2 Å². The van der Waals surface area contributed by atoms with Gasteiger partial charge in [0.1, 0.15) is 0 Å². The number of fused-ring (bicyclic) bond motifs is 1. The summed E-state index contributed by atoms with van der Waals surface area (Å²) in [7, 11) is 0. The summed E-state index contributed by atoms with van der Waals surface area (Å²) in [6, 6.07) is 6.32. The number of thiophene rings is 1. The van der Waals surface area contributed by atoms with Gasteiger partial charge in [-0.3, -0.25) is 9.88 Å². The molecule has 0 spiro atoms. The topological polar surface area (TPSA) is 66.4 Å². The molecule has 1 N–H and O–H groups in total. The molecule has 3 aromatic rings. The maximum atomic E-state index is 5.56. The van der Waals surface area contributed by atoms with Crippen LogP contribution in [0.2, 0.25) is 0 Å². The van der Waals surface area contributed by atoms with Gasteiger partial charge in [0.2, 0.25) is 0 Å². The first-order valence-electron chi connectivity index (χ1n) is 10.3. The van der Waals surface area contributed by atoms with Gasteiger partial charge in [0.25, 0.3) is 0 Å². The minimum atomic E-state index is 0.742. The van der Waals surface area contributed by atoms with Crippen LogP contribution < -0.4 is 10.2 Å². The van der Waals surface area contributed by atoms with Crippen LogP contribution in [-0.2, 0) is 11.3 Å². The van der Waals surface area contributed by atoms with Crippen LogP contribution in [0.1, 0.15) is 10.6 Å². The molecule has 0 aliphatic carbocycles. The lowest BCUT2D eigenvalue weighted by molar-refractivity contribution is 0.122. The number of aryl methyl sites for hydroxylation is 1. The summed E-state index contributed by atoms with van der Waals surface area (Å²) >= 11 is 1.83. The molecule has 0 unspecified atom stereocenters. The minimum absolute atomic E-state index is 0.742. The minimum Gasteiger partial charge on any atom is -0.378 e. The van der Waals surface area contributed by atoms with E-state index in [1.807, 2.05) is 30.5 Å². The first-order valence-corrected chi connectivity index (χ1v) is 11.1. The highest BCUT2D eigenvalue weighted by atomic mass is 32.1. The van der Waals surface area contributed by atoms with Crippen molar-refractivity contribution >= 4 is 27.4 Å². The van der Waals surface area contributed by atoms with Gasteiger partial charge in [-0.15, -0.1) is 11.3 Å². The lowest BCUT2D eigenvalue weighted by Gasteiger charge is -2.28. The van der Waals surface area contributed by atoms with Gasteiger partial charge in [-0.05, 0) is 25.1 Å². The van der Waals surface area contributed by atoms with Crippen LogP contribution in [0.4, 0.5) is 5.82 Å². The molecule has 7 nitrogen and oxygen atoms in total. The molecular formula is C21H26N6OS. The molecule has 2 saturated heterocycles. The van der Waals surface area contributed by atoms with Crippen LogP contribution >= 0.6 is 11.3 Å². The van der Waals surface area contributed by atoms with Crippen LogP contribution in [-0.4, -0.2) is 72.3 Å². The Bertz CT molecular complexity index is 977. The number of nitrogens with zero attached hydrogens (tertiary/aromatic N) is 5. The molecule has 2 aliphatic heterocycles. The highest BCUT2D eigenvalue weighted by molar-refractivity contribution is 7.19. The van der Waals surface area contributed by atoms with Crippen molar-refractivity contribution in [2.24, 2.45) is 0 Å². The molecule has 5 rings (SSSR count). The molecule has 8 heteroatoms. The van der Waals surface area contributed by atoms with Gasteiger partial charge < -0.3 is 15.0 Å². The summed E-state index contributed by atoms with van der Waals surface area (Å²) in [6.45, 7) is 10.5. The molecule has 0 bridgehead atoms. The number of hydrogen-bond acceptors (Lipinski definition) is 8. The van der Waals surface area contributed by atoms with Gasteiger partial charge >= 0.3 is 0 Å². The molecule has 0 aromatic carbocycles. The molecule has 0 saturated carbocycles. The second-order valence-electron chi connectivity index (χ2n) is 7.61. The number of hydrogen-bond donors (Lipinski definition) is 1. The van der Waals surface area contributed by atoms with E-state index in [1.165, 1.54) is 9.58 Å². The van der Waals surface area contributed by atoms with Gasteiger partial charge in [0.15, 0.2) is 11.6 Å². The van der Waals surface area contributed by atoms with E-state index >= 15 is 0 Å². The summed E-state index contributed by atoms with van der Waals surface area (Å²) in [6.07, 6.45) is 1.87. The highest BCUT2D eigenvalue weighted by Crippen LogP contribution is 2.35. The van der Waals surface area contributed by atoms with Gasteiger partial charge in [0.05, 0.1) is 23.4 Å². The maximum absolute atomic E-state index is 5.56. The SMILES string of the molecule is Cc1ccc(-c2nc(N3CCOCC3)c3sc(CN4CCNCC4)cc3n2)cn1. The number of aromatic nitrogens is 3. The van der Waals surface area contributed by atoms with E-state index in [9.17, 15) is 0 Å². The van der Waals surface area contributed by atoms with E-state index in [0.717, 1.165) is 87.4 Å². The Kier molecular flexibility index (Phi) is 5.41. The molecule has 0 atom stereocenters. The first-order chi connectivity index (χ1) is 14.3. The Balaban J connectivity index is 1.54. The standard InChI is InChI=1S/C21H26N6OS/c1-15-2-3-16(13-23-15)20-24-18-12-17(14-26-6-4-22-5-7-26)29-19(18)21(25-20)27-8-10-28-11-9-27/h2-3,12-13,22H,4-11,14H2,1H3. The van der Waals surface area contributed by atoms with E-state index in [1.54, 1.807) is 0 Å². The first kappa shape index (κ1) is 18.9. The Labute approximate surface area is 174 Å². The van der Waals surface area contributed by atoms with Gasteiger partial charge in [0, 0.05) is 68.1 Å². The molecule has 29 heavy (non-hydrogen) atoms. The van der Waals surface area contributed by atoms with E-state index in [0.29, 0.717) is 0 Å². The number of anilines is 1. The molecule has 2 aliphatic rings. The molecular weight excluding hydrogens is 384 g/mol. The van der Waals surface area contributed by atoms with Gasteiger partial charge in [-0.1, -0.05) is 0 Å². The molecule has 0 amide bonds. The van der Waals surface area contributed by atoms with E-state index in [-0.39, 0.29) is 0 Å². The van der Waals surface area contributed by atoms with Crippen molar-refractivity contribution < 1.29 is 4.74 Å². The van der Waals surface area contributed by atoms with Crippen molar-refractivity contribution in [1.82, 2.24) is 25.2 Å². The third kappa shape index (κ3) is 4.11. The molecule has 152 valence electrons. The predicted octanol–water partition coefficient (Wildman–Crippen LogP) is 2.30. The lowest BCUT2D eigenvalue weighted by atomic mass is 10.2. The van der Waals surface area contributed by atoms with E-state index < -0.39 is 0 Å². The Morgan fingerprint density at radius 3 is 2.69 bits per heavy atom. The average molecular weight is 411 g/mol. The fourth-order valence-corrected chi connectivity index (χ4v) is 5.01.